The first kappa shape index (κ1) is 18.2. The molecule has 1 saturated heterocycles. The van der Waals surface area contributed by atoms with Crippen LogP contribution in [-0.2, 0) is 6.61 Å². The third-order valence-electron chi connectivity index (χ3n) is 4.44. The van der Waals surface area contributed by atoms with E-state index in [9.17, 15) is 8.78 Å². The Morgan fingerprint density at radius 2 is 1.82 bits per heavy atom. The van der Waals surface area contributed by atoms with Crippen LogP contribution in [0.1, 0.15) is 17.7 Å². The number of benzene rings is 1. The Bertz CT molecular complexity index is 893. The summed E-state index contributed by atoms with van der Waals surface area (Å²) in [4.78, 5) is 2.16. The molecule has 2 aromatic heterocycles. The molecule has 1 N–H and O–H groups in total. The average Bonchev–Trinajstić information content (AvgIpc) is 3.22. The summed E-state index contributed by atoms with van der Waals surface area (Å²) in [5.41, 5.74) is 1.25. The molecule has 3 heterocycles. The van der Waals surface area contributed by atoms with Crippen LogP contribution in [0.3, 0.4) is 0 Å². The van der Waals surface area contributed by atoms with Gasteiger partial charge in [0.25, 0.3) is 6.43 Å². The first-order chi connectivity index (χ1) is 13.7. The monoisotopic (exact) mass is 387 g/mol. The number of halogens is 2. The lowest BCUT2D eigenvalue weighted by Crippen LogP contribution is -2.43. The van der Waals surface area contributed by atoms with Gasteiger partial charge in [-0.05, 0) is 18.2 Å². The first-order valence-corrected chi connectivity index (χ1v) is 8.91. The molecular formula is C18H19F2N7O. The van der Waals surface area contributed by atoms with Crippen LogP contribution in [-0.4, -0.2) is 51.4 Å². The predicted octanol–water partition coefficient (Wildman–Crippen LogP) is 1.98. The molecule has 3 aromatic rings. The van der Waals surface area contributed by atoms with Gasteiger partial charge >= 0.3 is 0 Å². The normalized spacial score (nSPS) is 14.5. The van der Waals surface area contributed by atoms with Crippen molar-refractivity contribution in [2.45, 2.75) is 13.0 Å². The van der Waals surface area contributed by atoms with E-state index in [-0.39, 0.29) is 12.2 Å². The number of nitrogens with zero attached hydrogens (tertiary/aromatic N) is 6. The van der Waals surface area contributed by atoms with Crippen LogP contribution in [0.15, 0.2) is 42.6 Å². The predicted molar refractivity (Wildman–Crippen MR) is 97.8 cm³/mol. The number of rotatable bonds is 6. The van der Waals surface area contributed by atoms with Gasteiger partial charge < -0.3 is 15.0 Å². The molecule has 0 aliphatic carbocycles. The van der Waals surface area contributed by atoms with Crippen LogP contribution in [0.25, 0.3) is 5.69 Å². The number of alkyl halides is 2. The molecule has 0 saturated carbocycles. The van der Waals surface area contributed by atoms with Crippen molar-refractivity contribution in [3.05, 3.63) is 53.9 Å². The van der Waals surface area contributed by atoms with Crippen molar-refractivity contribution in [1.29, 1.82) is 0 Å². The highest BCUT2D eigenvalue weighted by Crippen LogP contribution is 2.21. The zero-order valence-electron chi connectivity index (χ0n) is 15.0. The summed E-state index contributed by atoms with van der Waals surface area (Å²) in [5.74, 6) is 1.21. The summed E-state index contributed by atoms with van der Waals surface area (Å²) in [7, 11) is 0. The SMILES string of the molecule is FC(F)c1ccc(-n2nncc2COc2ccc(N3CCNCC3)nn2)cc1. The smallest absolute Gasteiger partial charge is 0.263 e. The molecule has 0 amide bonds. The second-order valence-corrected chi connectivity index (χ2v) is 6.28. The van der Waals surface area contributed by atoms with Crippen LogP contribution in [0.2, 0.25) is 0 Å². The van der Waals surface area contributed by atoms with Gasteiger partial charge in [0.2, 0.25) is 5.88 Å². The van der Waals surface area contributed by atoms with E-state index in [1.165, 1.54) is 16.8 Å². The van der Waals surface area contributed by atoms with E-state index in [0.29, 0.717) is 17.3 Å². The standard InChI is InChI=1S/C18H19F2N7O/c19-18(20)13-1-3-14(4-2-13)27-15(11-22-25-27)12-28-17-6-5-16(23-24-17)26-9-7-21-8-10-26/h1-6,11,18,21H,7-10,12H2. The molecule has 0 spiro atoms. The summed E-state index contributed by atoms with van der Waals surface area (Å²) in [5, 5.41) is 19.5. The van der Waals surface area contributed by atoms with E-state index >= 15 is 0 Å². The Balaban J connectivity index is 1.41. The van der Waals surface area contributed by atoms with E-state index in [1.54, 1.807) is 24.4 Å². The number of piperazine rings is 1. The molecule has 28 heavy (non-hydrogen) atoms. The minimum absolute atomic E-state index is 0.0403. The maximum atomic E-state index is 12.7. The lowest BCUT2D eigenvalue weighted by molar-refractivity contribution is 0.151. The highest BCUT2D eigenvalue weighted by molar-refractivity contribution is 5.39. The summed E-state index contributed by atoms with van der Waals surface area (Å²) >= 11 is 0. The second kappa shape index (κ2) is 8.26. The zero-order chi connectivity index (χ0) is 19.3. The van der Waals surface area contributed by atoms with Crippen LogP contribution in [0.5, 0.6) is 5.88 Å². The first-order valence-electron chi connectivity index (χ1n) is 8.91. The van der Waals surface area contributed by atoms with E-state index in [4.69, 9.17) is 4.74 Å². The summed E-state index contributed by atoms with van der Waals surface area (Å²) in [6.45, 7) is 3.81. The van der Waals surface area contributed by atoms with E-state index in [2.05, 4.69) is 30.7 Å². The van der Waals surface area contributed by atoms with Gasteiger partial charge in [-0.15, -0.1) is 15.3 Å². The molecule has 1 aromatic carbocycles. The van der Waals surface area contributed by atoms with Gasteiger partial charge in [-0.2, -0.15) is 0 Å². The van der Waals surface area contributed by atoms with Crippen LogP contribution >= 0.6 is 0 Å². The second-order valence-electron chi connectivity index (χ2n) is 6.28. The molecule has 8 nitrogen and oxygen atoms in total. The van der Waals surface area contributed by atoms with Crippen molar-refractivity contribution < 1.29 is 13.5 Å². The summed E-state index contributed by atoms with van der Waals surface area (Å²) in [6, 6.07) is 9.53. The lowest BCUT2D eigenvalue weighted by Gasteiger charge is -2.27. The number of nitrogens with one attached hydrogen (secondary N) is 1. The number of hydrogen-bond donors (Lipinski definition) is 1. The molecular weight excluding hydrogens is 368 g/mol. The topological polar surface area (TPSA) is 81.0 Å². The van der Waals surface area contributed by atoms with Gasteiger partial charge in [0.05, 0.1) is 11.9 Å². The largest absolute Gasteiger partial charge is 0.470 e. The quantitative estimate of drug-likeness (QED) is 0.693. The van der Waals surface area contributed by atoms with Gasteiger partial charge in [-0.1, -0.05) is 17.3 Å². The van der Waals surface area contributed by atoms with Crippen LogP contribution in [0, 0.1) is 0 Å². The molecule has 0 unspecified atom stereocenters. The lowest BCUT2D eigenvalue weighted by atomic mass is 10.2. The third-order valence-corrected chi connectivity index (χ3v) is 4.44. The number of ether oxygens (including phenoxy) is 1. The van der Waals surface area contributed by atoms with E-state index < -0.39 is 6.43 Å². The van der Waals surface area contributed by atoms with Gasteiger partial charge in [0.15, 0.2) is 5.82 Å². The fourth-order valence-corrected chi connectivity index (χ4v) is 2.93. The Morgan fingerprint density at radius 1 is 1.04 bits per heavy atom. The zero-order valence-corrected chi connectivity index (χ0v) is 15.0. The molecule has 1 aliphatic rings. The van der Waals surface area contributed by atoms with Crippen molar-refractivity contribution >= 4 is 5.82 Å². The third kappa shape index (κ3) is 4.06. The fourth-order valence-electron chi connectivity index (χ4n) is 2.93. The highest BCUT2D eigenvalue weighted by atomic mass is 19.3. The number of aromatic nitrogens is 5. The minimum atomic E-state index is -2.50. The van der Waals surface area contributed by atoms with Gasteiger partial charge in [-0.25, -0.2) is 13.5 Å². The Labute approximate surface area is 160 Å². The number of anilines is 1. The molecule has 146 valence electrons. The Morgan fingerprint density at radius 3 is 2.50 bits per heavy atom. The van der Waals surface area contributed by atoms with E-state index in [0.717, 1.165) is 32.0 Å². The summed E-state index contributed by atoms with van der Waals surface area (Å²) < 4.78 is 32.6. The van der Waals surface area contributed by atoms with Crippen molar-refractivity contribution in [1.82, 2.24) is 30.5 Å². The fraction of sp³-hybridized carbons (Fsp3) is 0.333. The highest BCUT2D eigenvalue weighted by Gasteiger charge is 2.13. The molecule has 0 radical (unpaired) electrons. The maximum absolute atomic E-state index is 12.7. The van der Waals surface area contributed by atoms with Crippen molar-refractivity contribution in [3.8, 4) is 11.6 Å². The van der Waals surface area contributed by atoms with Gasteiger partial charge in [0, 0.05) is 37.8 Å². The Hall–Kier alpha value is -3.14. The van der Waals surface area contributed by atoms with Crippen LogP contribution < -0.4 is 15.0 Å². The van der Waals surface area contributed by atoms with Crippen LogP contribution in [0.4, 0.5) is 14.6 Å². The van der Waals surface area contributed by atoms with Gasteiger partial charge in [-0.3, -0.25) is 0 Å². The summed E-state index contributed by atoms with van der Waals surface area (Å²) in [6.07, 6.45) is -0.945. The minimum Gasteiger partial charge on any atom is -0.470 e. The maximum Gasteiger partial charge on any atom is 0.263 e. The van der Waals surface area contributed by atoms with Crippen molar-refractivity contribution in [3.63, 3.8) is 0 Å². The average molecular weight is 387 g/mol. The Kier molecular flexibility index (Phi) is 5.38. The number of hydrogen-bond acceptors (Lipinski definition) is 7. The molecule has 0 bridgehead atoms. The molecule has 1 fully saturated rings. The molecule has 0 atom stereocenters. The molecule has 4 rings (SSSR count). The van der Waals surface area contributed by atoms with Crippen molar-refractivity contribution in [2.24, 2.45) is 0 Å². The van der Waals surface area contributed by atoms with Crippen molar-refractivity contribution in [2.75, 3.05) is 31.1 Å². The molecule has 1 aliphatic heterocycles. The van der Waals surface area contributed by atoms with E-state index in [1.807, 2.05) is 6.07 Å². The van der Waals surface area contributed by atoms with Gasteiger partial charge in [0.1, 0.15) is 12.3 Å². The molecule has 10 heteroatoms.